The van der Waals surface area contributed by atoms with Crippen LogP contribution in [0, 0.1) is 0 Å². The fourth-order valence-electron chi connectivity index (χ4n) is 1.79. The lowest BCUT2D eigenvalue weighted by atomic mass is 10.00. The van der Waals surface area contributed by atoms with E-state index in [2.05, 4.69) is 18.9 Å². The zero-order valence-electron chi connectivity index (χ0n) is 8.88. The average molecular weight is 186 g/mol. The molecule has 0 bridgehead atoms. The van der Waals surface area contributed by atoms with Crippen molar-refractivity contribution in [2.75, 3.05) is 33.4 Å². The summed E-state index contributed by atoms with van der Waals surface area (Å²) in [6.07, 6.45) is 3.51. The van der Waals surface area contributed by atoms with Crippen molar-refractivity contribution in [2.24, 2.45) is 5.73 Å². The molecule has 3 heteroatoms. The molecular formula is C10H22N2O. The van der Waals surface area contributed by atoms with Gasteiger partial charge in [-0.05, 0) is 26.4 Å². The molecule has 13 heavy (non-hydrogen) atoms. The molecule has 0 aliphatic carbocycles. The Hall–Kier alpha value is -0.120. The van der Waals surface area contributed by atoms with Gasteiger partial charge in [-0.15, -0.1) is 0 Å². The summed E-state index contributed by atoms with van der Waals surface area (Å²) in [5.41, 5.74) is 6.08. The van der Waals surface area contributed by atoms with Crippen LogP contribution < -0.4 is 5.73 Å². The van der Waals surface area contributed by atoms with Crippen LogP contribution in [0.2, 0.25) is 0 Å². The van der Waals surface area contributed by atoms with Crippen LogP contribution in [0.4, 0.5) is 0 Å². The maximum atomic E-state index is 6.17. The first-order valence-corrected chi connectivity index (χ1v) is 5.21. The van der Waals surface area contributed by atoms with Gasteiger partial charge in [0, 0.05) is 13.2 Å². The van der Waals surface area contributed by atoms with Crippen molar-refractivity contribution in [3.63, 3.8) is 0 Å². The highest BCUT2D eigenvalue weighted by Gasteiger charge is 2.31. The fourth-order valence-corrected chi connectivity index (χ4v) is 1.79. The first kappa shape index (κ1) is 11.0. The van der Waals surface area contributed by atoms with E-state index in [0.29, 0.717) is 0 Å². The Morgan fingerprint density at radius 1 is 1.54 bits per heavy atom. The predicted molar refractivity (Wildman–Crippen MR) is 54.8 cm³/mol. The molecule has 2 N–H and O–H groups in total. The molecule has 0 saturated carbocycles. The molecule has 0 radical (unpaired) electrons. The summed E-state index contributed by atoms with van der Waals surface area (Å²) in [5.74, 6) is 0. The van der Waals surface area contributed by atoms with Crippen molar-refractivity contribution in [1.82, 2.24) is 4.90 Å². The van der Waals surface area contributed by atoms with Crippen LogP contribution in [-0.2, 0) is 4.74 Å². The molecule has 3 nitrogen and oxygen atoms in total. The number of nitrogens with two attached hydrogens (primary N) is 1. The first-order chi connectivity index (χ1) is 6.16. The molecule has 0 aromatic rings. The Balaban J connectivity index is 2.21. The fraction of sp³-hybridized carbons (Fsp3) is 1.00. The van der Waals surface area contributed by atoms with E-state index in [0.717, 1.165) is 32.7 Å². The van der Waals surface area contributed by atoms with Gasteiger partial charge >= 0.3 is 0 Å². The van der Waals surface area contributed by atoms with Gasteiger partial charge in [0.2, 0.25) is 0 Å². The van der Waals surface area contributed by atoms with Gasteiger partial charge in [-0.1, -0.05) is 13.3 Å². The van der Waals surface area contributed by atoms with Crippen LogP contribution in [-0.4, -0.2) is 43.8 Å². The van der Waals surface area contributed by atoms with Crippen molar-refractivity contribution in [3.8, 4) is 0 Å². The average Bonchev–Trinajstić information content (AvgIpc) is 2.48. The van der Waals surface area contributed by atoms with Crippen LogP contribution in [0.1, 0.15) is 26.2 Å². The minimum absolute atomic E-state index is 0.0809. The van der Waals surface area contributed by atoms with E-state index >= 15 is 0 Å². The van der Waals surface area contributed by atoms with Crippen molar-refractivity contribution >= 4 is 0 Å². The van der Waals surface area contributed by atoms with Crippen LogP contribution in [0.25, 0.3) is 0 Å². The molecule has 1 fully saturated rings. The van der Waals surface area contributed by atoms with Crippen molar-refractivity contribution in [1.29, 1.82) is 0 Å². The minimum atomic E-state index is -0.0809. The first-order valence-electron chi connectivity index (χ1n) is 5.21. The summed E-state index contributed by atoms with van der Waals surface area (Å²) in [5, 5.41) is 0. The maximum Gasteiger partial charge on any atom is 0.0659 e. The smallest absolute Gasteiger partial charge is 0.0659 e. The molecule has 1 aliphatic rings. The van der Waals surface area contributed by atoms with E-state index in [1.54, 1.807) is 0 Å². The largest absolute Gasteiger partial charge is 0.379 e. The quantitative estimate of drug-likeness (QED) is 0.691. The van der Waals surface area contributed by atoms with E-state index in [4.69, 9.17) is 10.5 Å². The summed E-state index contributed by atoms with van der Waals surface area (Å²) in [6.45, 7) is 5.88. The molecule has 1 rings (SSSR count). The Morgan fingerprint density at radius 3 is 2.85 bits per heavy atom. The zero-order valence-corrected chi connectivity index (χ0v) is 8.88. The lowest BCUT2D eigenvalue weighted by molar-refractivity contribution is 0.161. The van der Waals surface area contributed by atoms with Crippen LogP contribution in [0.15, 0.2) is 0 Å². The van der Waals surface area contributed by atoms with E-state index in [1.165, 1.54) is 12.8 Å². The number of nitrogens with zero attached hydrogens (tertiary/aromatic N) is 1. The summed E-state index contributed by atoms with van der Waals surface area (Å²) in [6, 6.07) is 0. The molecule has 1 unspecified atom stereocenters. The van der Waals surface area contributed by atoms with Gasteiger partial charge in [-0.3, -0.25) is 0 Å². The van der Waals surface area contributed by atoms with Gasteiger partial charge in [0.05, 0.1) is 12.1 Å². The second-order valence-electron chi connectivity index (χ2n) is 4.26. The molecule has 1 heterocycles. The van der Waals surface area contributed by atoms with Gasteiger partial charge in [0.1, 0.15) is 0 Å². The molecule has 1 atom stereocenters. The third-order valence-corrected chi connectivity index (χ3v) is 2.61. The van der Waals surface area contributed by atoms with Gasteiger partial charge in [0.15, 0.2) is 0 Å². The van der Waals surface area contributed by atoms with Crippen molar-refractivity contribution in [3.05, 3.63) is 0 Å². The molecule has 1 aliphatic heterocycles. The number of hydrogen-bond donors (Lipinski definition) is 1. The highest BCUT2D eigenvalue weighted by atomic mass is 16.5. The van der Waals surface area contributed by atoms with Gasteiger partial charge in [-0.2, -0.15) is 0 Å². The van der Waals surface area contributed by atoms with Crippen LogP contribution >= 0.6 is 0 Å². The highest BCUT2D eigenvalue weighted by Crippen LogP contribution is 2.16. The molecule has 0 aromatic heterocycles. The van der Waals surface area contributed by atoms with Crippen molar-refractivity contribution in [2.45, 2.75) is 31.7 Å². The number of hydrogen-bond acceptors (Lipinski definition) is 3. The molecule has 0 spiro atoms. The van der Waals surface area contributed by atoms with Gasteiger partial charge in [0.25, 0.3) is 0 Å². The van der Waals surface area contributed by atoms with E-state index < -0.39 is 0 Å². The zero-order chi connectivity index (χ0) is 9.73. The number of rotatable bonds is 5. The molecule has 0 amide bonds. The molecular weight excluding hydrogens is 164 g/mol. The predicted octanol–water partition coefficient (Wildman–Crippen LogP) is 0.836. The monoisotopic (exact) mass is 186 g/mol. The lowest BCUT2D eigenvalue weighted by Gasteiger charge is -2.28. The van der Waals surface area contributed by atoms with Gasteiger partial charge < -0.3 is 15.4 Å². The second kappa shape index (κ2) is 4.94. The van der Waals surface area contributed by atoms with E-state index in [1.807, 2.05) is 0 Å². The normalized spacial score (nSPS) is 28.6. The molecule has 0 aromatic carbocycles. The van der Waals surface area contributed by atoms with Crippen molar-refractivity contribution < 1.29 is 4.74 Å². The summed E-state index contributed by atoms with van der Waals surface area (Å²) in [7, 11) is 2.14. The lowest BCUT2D eigenvalue weighted by Crippen LogP contribution is -2.49. The third-order valence-electron chi connectivity index (χ3n) is 2.61. The minimum Gasteiger partial charge on any atom is -0.379 e. The van der Waals surface area contributed by atoms with E-state index in [9.17, 15) is 0 Å². The Morgan fingerprint density at radius 2 is 2.31 bits per heavy atom. The van der Waals surface area contributed by atoms with Crippen LogP contribution in [0.5, 0.6) is 0 Å². The maximum absolute atomic E-state index is 6.17. The number of likely N-dealkylation sites (N-methyl/N-ethyl adjacent to an activating group) is 1. The molecule has 1 saturated heterocycles. The second-order valence-corrected chi connectivity index (χ2v) is 4.26. The summed E-state index contributed by atoms with van der Waals surface area (Å²) >= 11 is 0. The number of ether oxygens (including phenoxy) is 1. The highest BCUT2D eigenvalue weighted by molar-refractivity contribution is 4.90. The Labute approximate surface area is 81.2 Å². The summed E-state index contributed by atoms with van der Waals surface area (Å²) < 4.78 is 5.31. The Bertz CT molecular complexity index is 144. The standard InChI is InChI=1S/C10H22N2O/c1-3-4-6-12(2)8-10(11)5-7-13-9-10/h3-9,11H2,1-2H3. The van der Waals surface area contributed by atoms with Crippen LogP contribution in [0.3, 0.4) is 0 Å². The molecule has 78 valence electrons. The SMILES string of the molecule is CCCCN(C)CC1(N)CCOC1. The Kier molecular flexibility index (Phi) is 4.16. The summed E-state index contributed by atoms with van der Waals surface area (Å²) in [4.78, 5) is 2.32. The topological polar surface area (TPSA) is 38.5 Å². The number of unbranched alkanes of at least 4 members (excludes halogenated alkanes) is 1. The third kappa shape index (κ3) is 3.63. The van der Waals surface area contributed by atoms with Gasteiger partial charge in [-0.25, -0.2) is 0 Å². The van der Waals surface area contributed by atoms with E-state index in [-0.39, 0.29) is 5.54 Å².